The summed E-state index contributed by atoms with van der Waals surface area (Å²) in [6.45, 7) is 11.1. The molecule has 0 aromatic carbocycles. The summed E-state index contributed by atoms with van der Waals surface area (Å²) >= 11 is 0. The Hall–Kier alpha value is -1.20. The van der Waals surface area contributed by atoms with E-state index in [0.717, 1.165) is 42.6 Å². The highest BCUT2D eigenvalue weighted by molar-refractivity contribution is 5.45. The fourth-order valence-corrected chi connectivity index (χ4v) is 2.33. The Morgan fingerprint density at radius 2 is 2.05 bits per heavy atom. The lowest BCUT2D eigenvalue weighted by atomic mass is 10.2. The predicted molar refractivity (Wildman–Crippen MR) is 76.5 cm³/mol. The van der Waals surface area contributed by atoms with Crippen molar-refractivity contribution in [2.75, 3.05) is 32.1 Å². The van der Waals surface area contributed by atoms with Gasteiger partial charge in [0, 0.05) is 37.4 Å². The third-order valence-electron chi connectivity index (χ3n) is 3.76. The molecule has 1 aromatic rings. The summed E-state index contributed by atoms with van der Waals surface area (Å²) in [5, 5.41) is 3.13. The number of nitrogens with one attached hydrogen (secondary N) is 1. The molecule has 1 atom stereocenters. The minimum Gasteiger partial charge on any atom is -0.373 e. The lowest BCUT2D eigenvalue weighted by Gasteiger charge is -2.35. The average molecular weight is 264 g/mol. The van der Waals surface area contributed by atoms with Crippen LogP contribution in [0.3, 0.4) is 0 Å². The van der Waals surface area contributed by atoms with Gasteiger partial charge in [-0.15, -0.1) is 0 Å². The van der Waals surface area contributed by atoms with Crippen LogP contribution in [0.25, 0.3) is 0 Å². The van der Waals surface area contributed by atoms with Gasteiger partial charge in [-0.05, 0) is 27.7 Å². The van der Waals surface area contributed by atoms with Crippen LogP contribution in [0, 0.1) is 13.8 Å². The van der Waals surface area contributed by atoms with E-state index in [1.54, 1.807) is 0 Å². The highest BCUT2D eigenvalue weighted by Crippen LogP contribution is 2.24. The first-order valence-electron chi connectivity index (χ1n) is 6.91. The summed E-state index contributed by atoms with van der Waals surface area (Å²) < 4.78 is 5.84. The van der Waals surface area contributed by atoms with Crippen LogP contribution in [-0.2, 0) is 4.74 Å². The second kappa shape index (κ2) is 5.84. The molecule has 106 valence electrons. The largest absolute Gasteiger partial charge is 0.373 e. The molecule has 1 aliphatic rings. The van der Waals surface area contributed by atoms with E-state index >= 15 is 0 Å². The maximum atomic E-state index is 5.84. The minimum atomic E-state index is -0.0254. The average Bonchev–Trinajstić information content (AvgIpc) is 2.41. The second-order valence-electron chi connectivity index (χ2n) is 5.34. The Bertz CT molecular complexity index is 447. The second-order valence-corrected chi connectivity index (χ2v) is 5.34. The SMILES string of the molecule is CNc1nc(C2CN(C(C)C)CCO2)nc(C)c1C. The van der Waals surface area contributed by atoms with Crippen LogP contribution < -0.4 is 5.32 Å². The minimum absolute atomic E-state index is 0.0254. The van der Waals surface area contributed by atoms with Crippen LogP contribution in [0.2, 0.25) is 0 Å². The molecular formula is C14H24N4O. The van der Waals surface area contributed by atoms with Crippen LogP contribution in [0.1, 0.15) is 37.0 Å². The topological polar surface area (TPSA) is 50.3 Å². The Kier molecular flexibility index (Phi) is 4.37. The van der Waals surface area contributed by atoms with Crippen LogP contribution >= 0.6 is 0 Å². The van der Waals surface area contributed by atoms with Crippen molar-refractivity contribution >= 4 is 5.82 Å². The monoisotopic (exact) mass is 264 g/mol. The third-order valence-corrected chi connectivity index (χ3v) is 3.76. The molecule has 0 saturated carbocycles. The molecule has 1 aliphatic heterocycles. The molecule has 0 spiro atoms. The van der Waals surface area contributed by atoms with E-state index < -0.39 is 0 Å². The number of hydrogen-bond acceptors (Lipinski definition) is 5. The molecule has 1 saturated heterocycles. The Morgan fingerprint density at radius 3 is 2.68 bits per heavy atom. The van der Waals surface area contributed by atoms with Crippen molar-refractivity contribution in [2.45, 2.75) is 39.8 Å². The smallest absolute Gasteiger partial charge is 0.161 e. The molecule has 1 N–H and O–H groups in total. The third kappa shape index (κ3) is 3.04. The van der Waals surface area contributed by atoms with Gasteiger partial charge in [0.05, 0.1) is 6.61 Å². The van der Waals surface area contributed by atoms with Crippen molar-refractivity contribution in [3.63, 3.8) is 0 Å². The molecule has 2 rings (SSSR count). The number of morpholine rings is 1. The van der Waals surface area contributed by atoms with Gasteiger partial charge in [0.25, 0.3) is 0 Å². The lowest BCUT2D eigenvalue weighted by Crippen LogP contribution is -2.42. The fourth-order valence-electron chi connectivity index (χ4n) is 2.33. The lowest BCUT2D eigenvalue weighted by molar-refractivity contribution is -0.0442. The quantitative estimate of drug-likeness (QED) is 0.904. The number of aryl methyl sites for hydroxylation is 1. The molecule has 0 radical (unpaired) electrons. The van der Waals surface area contributed by atoms with Gasteiger partial charge in [0.1, 0.15) is 11.9 Å². The molecule has 1 aromatic heterocycles. The van der Waals surface area contributed by atoms with Crippen molar-refractivity contribution in [3.05, 3.63) is 17.1 Å². The zero-order valence-electron chi connectivity index (χ0n) is 12.5. The van der Waals surface area contributed by atoms with Gasteiger partial charge in [-0.25, -0.2) is 9.97 Å². The highest BCUT2D eigenvalue weighted by Gasteiger charge is 2.26. The first kappa shape index (κ1) is 14.2. The summed E-state index contributed by atoms with van der Waals surface area (Å²) in [6.07, 6.45) is -0.0254. The number of rotatable bonds is 3. The molecule has 5 nitrogen and oxygen atoms in total. The van der Waals surface area contributed by atoms with E-state index in [-0.39, 0.29) is 6.10 Å². The highest BCUT2D eigenvalue weighted by atomic mass is 16.5. The number of anilines is 1. The Morgan fingerprint density at radius 1 is 1.32 bits per heavy atom. The number of nitrogens with zero attached hydrogens (tertiary/aromatic N) is 3. The van der Waals surface area contributed by atoms with Crippen LogP contribution in [0.15, 0.2) is 0 Å². The van der Waals surface area contributed by atoms with E-state index in [2.05, 4.69) is 34.0 Å². The Labute approximate surface area is 115 Å². The number of ether oxygens (including phenoxy) is 1. The van der Waals surface area contributed by atoms with Crippen molar-refractivity contribution in [3.8, 4) is 0 Å². The maximum Gasteiger partial charge on any atom is 0.161 e. The van der Waals surface area contributed by atoms with Gasteiger partial charge in [0.15, 0.2) is 5.82 Å². The van der Waals surface area contributed by atoms with Crippen molar-refractivity contribution in [2.24, 2.45) is 0 Å². The van der Waals surface area contributed by atoms with E-state index in [4.69, 9.17) is 4.74 Å². The summed E-state index contributed by atoms with van der Waals surface area (Å²) in [5.74, 6) is 1.69. The summed E-state index contributed by atoms with van der Waals surface area (Å²) in [7, 11) is 1.89. The van der Waals surface area contributed by atoms with Crippen LogP contribution in [0.5, 0.6) is 0 Å². The van der Waals surface area contributed by atoms with Gasteiger partial charge in [-0.2, -0.15) is 0 Å². The molecule has 1 fully saturated rings. The van der Waals surface area contributed by atoms with Gasteiger partial charge < -0.3 is 10.1 Å². The first-order chi connectivity index (χ1) is 9.02. The number of hydrogen-bond donors (Lipinski definition) is 1. The fraction of sp³-hybridized carbons (Fsp3) is 0.714. The predicted octanol–water partition coefficient (Wildman–Crippen LogP) is 1.92. The van der Waals surface area contributed by atoms with Gasteiger partial charge in [-0.3, -0.25) is 4.90 Å². The Balaban J connectivity index is 2.24. The van der Waals surface area contributed by atoms with Crippen LogP contribution in [-0.4, -0.2) is 47.7 Å². The van der Waals surface area contributed by atoms with Crippen LogP contribution in [0.4, 0.5) is 5.82 Å². The molecule has 19 heavy (non-hydrogen) atoms. The number of aromatic nitrogens is 2. The van der Waals surface area contributed by atoms with E-state index in [9.17, 15) is 0 Å². The van der Waals surface area contributed by atoms with Crippen molar-refractivity contribution in [1.29, 1.82) is 0 Å². The standard InChI is InChI=1S/C14H24N4O/c1-9(2)18-6-7-19-12(8-18)14-16-11(4)10(3)13(15-5)17-14/h9,12H,6-8H2,1-5H3,(H,15,16,17). The van der Waals surface area contributed by atoms with Crippen molar-refractivity contribution in [1.82, 2.24) is 14.9 Å². The molecule has 5 heteroatoms. The normalized spacial score (nSPS) is 20.8. The van der Waals surface area contributed by atoms with E-state index in [1.807, 2.05) is 20.9 Å². The zero-order chi connectivity index (χ0) is 14.0. The molecule has 0 amide bonds. The van der Waals surface area contributed by atoms with E-state index in [1.165, 1.54) is 0 Å². The molecule has 2 heterocycles. The van der Waals surface area contributed by atoms with Gasteiger partial charge in [-0.1, -0.05) is 0 Å². The summed E-state index contributed by atoms with van der Waals surface area (Å²) in [4.78, 5) is 11.6. The summed E-state index contributed by atoms with van der Waals surface area (Å²) in [5.41, 5.74) is 2.11. The molecule has 1 unspecified atom stereocenters. The van der Waals surface area contributed by atoms with Gasteiger partial charge >= 0.3 is 0 Å². The maximum absolute atomic E-state index is 5.84. The molecule has 0 aliphatic carbocycles. The molecule has 0 bridgehead atoms. The van der Waals surface area contributed by atoms with Crippen molar-refractivity contribution < 1.29 is 4.74 Å². The zero-order valence-corrected chi connectivity index (χ0v) is 12.5. The first-order valence-corrected chi connectivity index (χ1v) is 6.91. The van der Waals surface area contributed by atoms with Gasteiger partial charge in [0.2, 0.25) is 0 Å². The molecular weight excluding hydrogens is 240 g/mol. The summed E-state index contributed by atoms with van der Waals surface area (Å²) in [6, 6.07) is 0.529. The van der Waals surface area contributed by atoms with E-state index in [0.29, 0.717) is 6.04 Å².